The molecule has 6 nitrogen and oxygen atoms in total. The second kappa shape index (κ2) is 23.6. The van der Waals surface area contributed by atoms with E-state index in [2.05, 4.69) is 234 Å². The van der Waals surface area contributed by atoms with Gasteiger partial charge in [-0.05, 0) is 187 Å². The van der Waals surface area contributed by atoms with Crippen LogP contribution in [0.5, 0.6) is 23.0 Å². The number of nitrogens with zero attached hydrogens (tertiary/aromatic N) is 2. The molecule has 93 heavy (non-hydrogen) atoms. The zero-order valence-electron chi connectivity index (χ0n) is 59.2. The lowest BCUT2D eigenvalue weighted by atomic mass is 9.71. The molecule has 0 saturated carbocycles. The molecular formula is C83H98F4N2O4. The monoisotopic (exact) mass is 1260 g/mol. The number of rotatable bonds is 14. The summed E-state index contributed by atoms with van der Waals surface area (Å²) in [5.74, 6) is -5.95. The first-order valence-corrected chi connectivity index (χ1v) is 33.0. The van der Waals surface area contributed by atoms with Gasteiger partial charge in [-0.25, -0.2) is 8.78 Å². The van der Waals surface area contributed by atoms with Gasteiger partial charge in [0.25, 0.3) is 0 Å². The molecule has 0 unspecified atom stereocenters. The van der Waals surface area contributed by atoms with Gasteiger partial charge in [0.05, 0.1) is 46.7 Å². The van der Waals surface area contributed by atoms with Crippen molar-refractivity contribution in [3.8, 4) is 56.6 Å². The van der Waals surface area contributed by atoms with E-state index in [4.69, 9.17) is 9.47 Å². The molecule has 0 aliphatic carbocycles. The standard InChI is InChI=1S/C83H98F4N2O4/c1-76(2,3)46-82(19,20)52-42-60(72(90)68(44-52)88-64-32-24-48(78(7,8)9)38-56(64)57-39-49(79(10,11)12)25-33-65(57)88)54-28-30-62(84)70(86)74(54)92-36-23-37-93-75-55(29-31-63(85)71(75)87)61-43-53(83(21,22)47-77(4,5)6)45-69(73(61)91)89-66-34-26-50(80(13,14)15)40-58(66)59-41-51(81(16,17)18)27-35-67(59)89/h24-35,38-45,90-91H,23,36-37,46-47H2,1-22H3. The Morgan fingerprint density at radius 3 is 0.871 bits per heavy atom. The van der Waals surface area contributed by atoms with Crippen LogP contribution in [-0.4, -0.2) is 32.6 Å². The number of aromatic nitrogens is 2. The van der Waals surface area contributed by atoms with Gasteiger partial charge in [-0.3, -0.25) is 0 Å². The Bertz CT molecular complexity index is 4120. The van der Waals surface area contributed by atoms with Gasteiger partial charge in [-0.2, -0.15) is 8.78 Å². The highest BCUT2D eigenvalue weighted by atomic mass is 19.2. The molecule has 0 bridgehead atoms. The van der Waals surface area contributed by atoms with Crippen LogP contribution in [0, 0.1) is 34.1 Å². The number of ether oxygens (including phenoxy) is 2. The van der Waals surface area contributed by atoms with Crippen molar-refractivity contribution in [3.05, 3.63) is 178 Å². The lowest BCUT2D eigenvalue weighted by Crippen LogP contribution is -2.25. The van der Waals surface area contributed by atoms with Crippen molar-refractivity contribution in [1.82, 2.24) is 9.13 Å². The smallest absolute Gasteiger partial charge is 0.201 e. The topological polar surface area (TPSA) is 68.8 Å². The van der Waals surface area contributed by atoms with Crippen LogP contribution in [0.25, 0.3) is 77.2 Å². The van der Waals surface area contributed by atoms with E-state index in [1.807, 2.05) is 24.3 Å². The van der Waals surface area contributed by atoms with Crippen molar-refractivity contribution < 1.29 is 37.2 Å². The van der Waals surface area contributed by atoms with Gasteiger partial charge >= 0.3 is 0 Å². The third kappa shape index (κ3) is 13.4. The van der Waals surface area contributed by atoms with Crippen molar-refractivity contribution in [2.45, 2.75) is 204 Å². The van der Waals surface area contributed by atoms with Crippen LogP contribution in [0.15, 0.2) is 121 Å². The molecule has 2 N–H and O–H groups in total. The number of hydrogen-bond acceptors (Lipinski definition) is 4. The Morgan fingerprint density at radius 1 is 0.333 bits per heavy atom. The summed E-state index contributed by atoms with van der Waals surface area (Å²) in [6.07, 6.45) is 1.49. The molecule has 492 valence electrons. The van der Waals surface area contributed by atoms with E-state index in [1.165, 1.54) is 12.1 Å². The van der Waals surface area contributed by atoms with Gasteiger partial charge in [-0.15, -0.1) is 0 Å². The minimum Gasteiger partial charge on any atom is -0.505 e. The molecule has 8 aromatic carbocycles. The molecule has 10 rings (SSSR count). The Labute approximate surface area is 550 Å². The number of halogens is 4. The highest BCUT2D eigenvalue weighted by Crippen LogP contribution is 2.51. The lowest BCUT2D eigenvalue weighted by Gasteiger charge is -2.34. The Hall–Kier alpha value is -7.72. The minimum absolute atomic E-state index is 0.000531. The number of aromatic hydroxyl groups is 2. The third-order valence-electron chi connectivity index (χ3n) is 18.6. The van der Waals surface area contributed by atoms with E-state index in [1.54, 1.807) is 0 Å². The molecule has 0 saturated heterocycles. The van der Waals surface area contributed by atoms with E-state index in [9.17, 15) is 10.2 Å². The summed E-state index contributed by atoms with van der Waals surface area (Å²) in [6.45, 7) is 47.5. The molecule has 0 aliphatic rings. The predicted molar refractivity (Wildman–Crippen MR) is 380 cm³/mol. The molecular weight excluding hydrogens is 1160 g/mol. The van der Waals surface area contributed by atoms with Crippen LogP contribution in [0.3, 0.4) is 0 Å². The summed E-state index contributed by atoms with van der Waals surface area (Å²) in [7, 11) is 0. The zero-order chi connectivity index (χ0) is 68.4. The SMILES string of the molecule is CC(C)(C)CC(C)(C)c1cc(-c2ccc(F)c(F)c2OCCCOc2c(-c3cc(C(C)(C)CC(C)(C)C)cc(-n4c5ccc(C(C)(C)C)cc5c5cc(C(C)(C)C)ccc54)c3O)ccc(F)c2F)c(O)c(-n2c3ccc(C(C)(C)C)cc3c3cc(C(C)(C)C)ccc32)c1. The first-order valence-electron chi connectivity index (χ1n) is 33.0. The predicted octanol–water partition coefficient (Wildman–Crippen LogP) is 23.6. The van der Waals surface area contributed by atoms with E-state index in [-0.39, 0.29) is 85.9 Å². The van der Waals surface area contributed by atoms with Gasteiger partial charge in [-0.1, -0.05) is 177 Å². The third-order valence-corrected chi connectivity index (χ3v) is 18.6. The largest absolute Gasteiger partial charge is 0.505 e. The first-order chi connectivity index (χ1) is 42.9. The maximum Gasteiger partial charge on any atom is 0.201 e. The quantitative estimate of drug-likeness (QED) is 0.0841. The highest BCUT2D eigenvalue weighted by Gasteiger charge is 2.35. The summed E-state index contributed by atoms with van der Waals surface area (Å²) in [5, 5.41) is 30.0. The van der Waals surface area contributed by atoms with Crippen LogP contribution in [0.4, 0.5) is 17.6 Å². The number of phenols is 2. The Balaban J connectivity index is 1.06. The molecule has 10 heteroatoms. The molecule has 0 aliphatic heterocycles. The van der Waals surface area contributed by atoms with Crippen molar-refractivity contribution in [2.75, 3.05) is 13.2 Å². The summed E-state index contributed by atoms with van der Waals surface area (Å²) in [4.78, 5) is 0. The molecule has 0 fully saturated rings. The van der Waals surface area contributed by atoms with Crippen molar-refractivity contribution >= 4 is 43.6 Å². The van der Waals surface area contributed by atoms with E-state index in [0.717, 1.165) is 102 Å². The fourth-order valence-corrected chi connectivity index (χ4v) is 14.2. The molecule has 0 spiro atoms. The molecule has 2 aromatic heterocycles. The molecule has 10 aromatic rings. The average Bonchev–Trinajstić information content (AvgIpc) is 1.61. The van der Waals surface area contributed by atoms with Crippen LogP contribution >= 0.6 is 0 Å². The normalized spacial score (nSPS) is 13.4. The fourth-order valence-electron chi connectivity index (χ4n) is 14.2. The van der Waals surface area contributed by atoms with Crippen LogP contribution < -0.4 is 9.47 Å². The van der Waals surface area contributed by atoms with Crippen LogP contribution in [0.2, 0.25) is 0 Å². The maximum absolute atomic E-state index is 16.8. The van der Waals surface area contributed by atoms with Crippen LogP contribution in [0.1, 0.15) is 205 Å². The average molecular weight is 1260 g/mol. The van der Waals surface area contributed by atoms with Crippen LogP contribution in [-0.2, 0) is 32.5 Å². The highest BCUT2D eigenvalue weighted by molar-refractivity contribution is 6.11. The number of hydrogen-bond donors (Lipinski definition) is 2. The van der Waals surface area contributed by atoms with Crippen molar-refractivity contribution in [2.24, 2.45) is 10.8 Å². The summed E-state index contributed by atoms with van der Waals surface area (Å²) < 4.78 is 81.8. The van der Waals surface area contributed by atoms with E-state index < -0.39 is 45.6 Å². The summed E-state index contributed by atoms with van der Waals surface area (Å²) in [6, 6.07) is 38.6. The second-order valence-corrected chi connectivity index (χ2v) is 34.2. The van der Waals surface area contributed by atoms with Gasteiger partial charge in [0.1, 0.15) is 11.5 Å². The van der Waals surface area contributed by atoms with Crippen molar-refractivity contribution in [3.63, 3.8) is 0 Å². The Morgan fingerprint density at radius 2 is 0.613 bits per heavy atom. The number of fused-ring (bicyclic) bond motifs is 6. The number of benzene rings is 8. The molecule has 0 amide bonds. The first kappa shape index (κ1) is 68.1. The van der Waals surface area contributed by atoms with Gasteiger partial charge in [0.2, 0.25) is 11.6 Å². The van der Waals surface area contributed by atoms with Gasteiger partial charge in [0, 0.05) is 50.2 Å². The maximum atomic E-state index is 16.8. The molecule has 0 radical (unpaired) electrons. The summed E-state index contributed by atoms with van der Waals surface area (Å²) in [5.41, 5.74) is 9.69. The number of phenolic OH excluding ortho intramolecular Hbond substituents is 2. The molecule has 2 heterocycles. The second-order valence-electron chi connectivity index (χ2n) is 34.2. The van der Waals surface area contributed by atoms with Crippen molar-refractivity contribution in [1.29, 1.82) is 0 Å². The summed E-state index contributed by atoms with van der Waals surface area (Å²) >= 11 is 0. The van der Waals surface area contributed by atoms with E-state index >= 15 is 17.6 Å². The lowest BCUT2D eigenvalue weighted by molar-refractivity contribution is 0.233. The van der Waals surface area contributed by atoms with Gasteiger partial charge < -0.3 is 28.8 Å². The fraction of sp³-hybridized carbons (Fsp3) is 0.422. The zero-order valence-corrected chi connectivity index (χ0v) is 59.2. The molecule has 0 atom stereocenters. The minimum atomic E-state index is -1.25. The van der Waals surface area contributed by atoms with Gasteiger partial charge in [0.15, 0.2) is 23.1 Å². The van der Waals surface area contributed by atoms with E-state index in [0.29, 0.717) is 11.4 Å². The Kier molecular flexibility index (Phi) is 17.3.